The molecule has 1 aliphatic rings. The Morgan fingerprint density at radius 1 is 1.35 bits per heavy atom. The molecule has 0 saturated carbocycles. The smallest absolute Gasteiger partial charge is 0.128 e. The lowest BCUT2D eigenvalue weighted by Gasteiger charge is -2.21. The van der Waals surface area contributed by atoms with Crippen molar-refractivity contribution in [3.05, 3.63) is 35.9 Å². The molecule has 0 saturated heterocycles. The van der Waals surface area contributed by atoms with Crippen LogP contribution in [0.5, 0.6) is 11.5 Å². The van der Waals surface area contributed by atoms with Crippen LogP contribution < -0.4 is 14.8 Å². The van der Waals surface area contributed by atoms with Crippen LogP contribution in [0.3, 0.4) is 0 Å². The molecule has 110 valence electrons. The maximum absolute atomic E-state index is 6.15. The Morgan fingerprint density at radius 2 is 2.25 bits per heavy atom. The van der Waals surface area contributed by atoms with Gasteiger partial charge in [-0.05, 0) is 44.4 Å². The summed E-state index contributed by atoms with van der Waals surface area (Å²) in [5, 5.41) is 3.43. The summed E-state index contributed by atoms with van der Waals surface area (Å²) in [6.07, 6.45) is 9.18. The third-order valence-corrected chi connectivity index (χ3v) is 3.51. The fourth-order valence-electron chi connectivity index (χ4n) is 2.36. The summed E-state index contributed by atoms with van der Waals surface area (Å²) in [5.74, 6) is 1.78. The van der Waals surface area contributed by atoms with Gasteiger partial charge >= 0.3 is 0 Å². The van der Waals surface area contributed by atoms with Crippen LogP contribution in [0.2, 0.25) is 0 Å². The van der Waals surface area contributed by atoms with Crippen LogP contribution >= 0.6 is 0 Å². The third-order valence-electron chi connectivity index (χ3n) is 3.51. The van der Waals surface area contributed by atoms with Gasteiger partial charge in [-0.1, -0.05) is 19.1 Å². The van der Waals surface area contributed by atoms with Crippen molar-refractivity contribution in [3.63, 3.8) is 0 Å². The summed E-state index contributed by atoms with van der Waals surface area (Å²) < 4.78 is 11.5. The van der Waals surface area contributed by atoms with E-state index in [-0.39, 0.29) is 6.10 Å². The predicted molar refractivity (Wildman–Crippen MR) is 82.4 cm³/mol. The average Bonchev–Trinajstić information content (AvgIpc) is 2.50. The Balaban J connectivity index is 2.09. The second kappa shape index (κ2) is 7.95. The molecule has 0 aromatic heterocycles. The molecule has 0 aliphatic heterocycles. The van der Waals surface area contributed by atoms with Gasteiger partial charge in [0.15, 0.2) is 0 Å². The summed E-state index contributed by atoms with van der Waals surface area (Å²) >= 11 is 0. The van der Waals surface area contributed by atoms with Crippen molar-refractivity contribution < 1.29 is 9.47 Å². The highest BCUT2D eigenvalue weighted by molar-refractivity contribution is 5.41. The van der Waals surface area contributed by atoms with Crippen LogP contribution in [0.4, 0.5) is 0 Å². The molecule has 1 aromatic rings. The van der Waals surface area contributed by atoms with E-state index >= 15 is 0 Å². The first-order chi connectivity index (χ1) is 9.83. The first-order valence-corrected chi connectivity index (χ1v) is 7.54. The van der Waals surface area contributed by atoms with Crippen molar-refractivity contribution in [3.8, 4) is 11.5 Å². The topological polar surface area (TPSA) is 30.5 Å². The standard InChI is InChI=1S/C17H25NO2/c1-3-11-18-13-14-9-10-16(19-2)12-17(14)20-15-7-5-4-6-8-15/h5,7,9-10,12,15,18H,3-4,6,8,11,13H2,1-2H3. The van der Waals surface area contributed by atoms with Crippen molar-refractivity contribution in [2.24, 2.45) is 0 Å². The molecule has 3 heteroatoms. The number of hydrogen-bond acceptors (Lipinski definition) is 3. The summed E-state index contributed by atoms with van der Waals surface area (Å²) in [4.78, 5) is 0. The largest absolute Gasteiger partial charge is 0.497 e. The minimum Gasteiger partial charge on any atom is -0.497 e. The first kappa shape index (κ1) is 14.9. The van der Waals surface area contributed by atoms with Gasteiger partial charge in [0, 0.05) is 18.2 Å². The van der Waals surface area contributed by atoms with Gasteiger partial charge in [-0.2, -0.15) is 0 Å². The van der Waals surface area contributed by atoms with Crippen molar-refractivity contribution >= 4 is 0 Å². The van der Waals surface area contributed by atoms with E-state index < -0.39 is 0 Å². The Labute approximate surface area is 122 Å². The molecule has 1 unspecified atom stereocenters. The highest BCUT2D eigenvalue weighted by atomic mass is 16.5. The molecule has 0 bridgehead atoms. The van der Waals surface area contributed by atoms with Crippen LogP contribution in [0.25, 0.3) is 0 Å². The highest BCUT2D eigenvalue weighted by Gasteiger charge is 2.13. The van der Waals surface area contributed by atoms with E-state index in [1.54, 1.807) is 7.11 Å². The van der Waals surface area contributed by atoms with Gasteiger partial charge in [0.1, 0.15) is 17.6 Å². The van der Waals surface area contributed by atoms with E-state index in [0.717, 1.165) is 37.4 Å². The van der Waals surface area contributed by atoms with Crippen molar-refractivity contribution in [2.45, 2.75) is 45.3 Å². The fourth-order valence-corrected chi connectivity index (χ4v) is 2.36. The molecular formula is C17H25NO2. The zero-order valence-corrected chi connectivity index (χ0v) is 12.5. The molecule has 1 aromatic carbocycles. The zero-order valence-electron chi connectivity index (χ0n) is 12.5. The lowest BCUT2D eigenvalue weighted by atomic mass is 10.1. The number of methoxy groups -OCH3 is 1. The molecule has 3 nitrogen and oxygen atoms in total. The minimum absolute atomic E-state index is 0.195. The highest BCUT2D eigenvalue weighted by Crippen LogP contribution is 2.27. The lowest BCUT2D eigenvalue weighted by molar-refractivity contribution is 0.226. The monoisotopic (exact) mass is 275 g/mol. The molecule has 20 heavy (non-hydrogen) atoms. The number of allylic oxidation sites excluding steroid dienone is 1. The van der Waals surface area contributed by atoms with Crippen molar-refractivity contribution in [1.29, 1.82) is 0 Å². The van der Waals surface area contributed by atoms with Gasteiger partial charge in [-0.3, -0.25) is 0 Å². The summed E-state index contributed by atoms with van der Waals surface area (Å²) in [5.41, 5.74) is 1.19. The van der Waals surface area contributed by atoms with Crippen LogP contribution in [-0.4, -0.2) is 19.8 Å². The normalized spacial score (nSPS) is 18.0. The minimum atomic E-state index is 0.195. The molecule has 0 spiro atoms. The van der Waals surface area contributed by atoms with Gasteiger partial charge in [0.25, 0.3) is 0 Å². The molecule has 0 fully saturated rings. The Kier molecular flexibility index (Phi) is 5.93. The summed E-state index contributed by atoms with van der Waals surface area (Å²) in [6, 6.07) is 6.07. The second-order valence-corrected chi connectivity index (χ2v) is 5.17. The molecule has 0 radical (unpaired) electrons. The molecule has 0 amide bonds. The molecule has 1 atom stereocenters. The van der Waals surface area contributed by atoms with Gasteiger partial charge in [0.05, 0.1) is 7.11 Å². The van der Waals surface area contributed by atoms with Crippen molar-refractivity contribution in [2.75, 3.05) is 13.7 Å². The summed E-state index contributed by atoms with van der Waals surface area (Å²) in [7, 11) is 1.69. The Bertz CT molecular complexity index is 443. The van der Waals surface area contributed by atoms with E-state index in [1.165, 1.54) is 18.4 Å². The number of hydrogen-bond donors (Lipinski definition) is 1. The SMILES string of the molecule is CCCNCc1ccc(OC)cc1OC1C=CCCC1. The molecule has 2 rings (SSSR count). The van der Waals surface area contributed by atoms with Crippen molar-refractivity contribution in [1.82, 2.24) is 5.32 Å². The second-order valence-electron chi connectivity index (χ2n) is 5.17. The first-order valence-electron chi connectivity index (χ1n) is 7.54. The van der Waals surface area contributed by atoms with Gasteiger partial charge in [0.2, 0.25) is 0 Å². The van der Waals surface area contributed by atoms with E-state index in [9.17, 15) is 0 Å². The number of ether oxygens (including phenoxy) is 2. The van der Waals surface area contributed by atoms with E-state index in [4.69, 9.17) is 9.47 Å². The molecular weight excluding hydrogens is 250 g/mol. The van der Waals surface area contributed by atoms with Crippen LogP contribution in [0.1, 0.15) is 38.2 Å². The number of benzene rings is 1. The van der Waals surface area contributed by atoms with E-state index in [0.29, 0.717) is 0 Å². The van der Waals surface area contributed by atoms with Crippen LogP contribution in [0, 0.1) is 0 Å². The predicted octanol–water partition coefficient (Wildman–Crippen LogP) is 3.68. The van der Waals surface area contributed by atoms with Crippen LogP contribution in [0.15, 0.2) is 30.4 Å². The van der Waals surface area contributed by atoms with E-state index in [1.807, 2.05) is 12.1 Å². The maximum Gasteiger partial charge on any atom is 0.128 e. The quantitative estimate of drug-likeness (QED) is 0.608. The van der Waals surface area contributed by atoms with Crippen LogP contribution in [-0.2, 0) is 6.54 Å². The fraction of sp³-hybridized carbons (Fsp3) is 0.529. The summed E-state index contributed by atoms with van der Waals surface area (Å²) in [6.45, 7) is 4.03. The van der Waals surface area contributed by atoms with Gasteiger partial charge < -0.3 is 14.8 Å². The number of nitrogens with one attached hydrogen (secondary N) is 1. The molecule has 1 N–H and O–H groups in total. The molecule has 0 heterocycles. The van der Waals surface area contributed by atoms with Gasteiger partial charge in [-0.15, -0.1) is 0 Å². The number of rotatable bonds is 7. The average molecular weight is 275 g/mol. The lowest BCUT2D eigenvalue weighted by Crippen LogP contribution is -2.19. The molecule has 1 aliphatic carbocycles. The Hall–Kier alpha value is -1.48. The third kappa shape index (κ3) is 4.27. The maximum atomic E-state index is 6.15. The van der Waals surface area contributed by atoms with Gasteiger partial charge in [-0.25, -0.2) is 0 Å². The van der Waals surface area contributed by atoms with E-state index in [2.05, 4.69) is 30.5 Å². The zero-order chi connectivity index (χ0) is 14.2. The Morgan fingerprint density at radius 3 is 2.95 bits per heavy atom.